The fourth-order valence-electron chi connectivity index (χ4n) is 3.83. The molecule has 3 heterocycles. The minimum absolute atomic E-state index is 0. The van der Waals surface area contributed by atoms with Gasteiger partial charge in [0.2, 0.25) is 5.89 Å². The van der Waals surface area contributed by atoms with Crippen molar-refractivity contribution in [3.05, 3.63) is 5.89 Å². The lowest BCUT2D eigenvalue weighted by Crippen LogP contribution is -2.48. The highest BCUT2D eigenvalue weighted by molar-refractivity contribution is 5.85. The van der Waals surface area contributed by atoms with Crippen molar-refractivity contribution in [3.8, 4) is 0 Å². The predicted molar refractivity (Wildman–Crippen MR) is 96.6 cm³/mol. The molecule has 8 heteroatoms. The van der Waals surface area contributed by atoms with E-state index < -0.39 is 0 Å². The van der Waals surface area contributed by atoms with Gasteiger partial charge in [0.15, 0.2) is 0 Å². The fraction of sp³-hybridized carbons (Fsp3) is 0.867. The standard InChI is InChI=1S/C15H27N5O.2ClH/c1-16-11-14-18-19-15(21-14)17-8-7-12-5-4-10-20-9-3-2-6-13(12)20;;/h12-13,16H,2-11H2,1H3,(H,17,19);2*1H/t12-,13+;;/m0../s1. The van der Waals surface area contributed by atoms with Gasteiger partial charge in [-0.2, -0.15) is 0 Å². The van der Waals surface area contributed by atoms with Gasteiger partial charge in [0.1, 0.15) is 0 Å². The molecule has 1 aromatic rings. The second kappa shape index (κ2) is 10.3. The van der Waals surface area contributed by atoms with Gasteiger partial charge in [-0.3, -0.25) is 0 Å². The number of piperidine rings is 2. The van der Waals surface area contributed by atoms with Crippen LogP contribution < -0.4 is 10.6 Å². The summed E-state index contributed by atoms with van der Waals surface area (Å²) < 4.78 is 5.51. The molecule has 3 rings (SSSR count). The molecule has 1 aromatic heterocycles. The molecular formula is C15H29Cl2N5O. The number of hydrogen-bond acceptors (Lipinski definition) is 6. The van der Waals surface area contributed by atoms with Crippen LogP contribution in [-0.2, 0) is 6.54 Å². The molecule has 0 aliphatic carbocycles. The summed E-state index contributed by atoms with van der Waals surface area (Å²) in [4.78, 5) is 2.72. The van der Waals surface area contributed by atoms with Crippen LogP contribution in [0.4, 0.5) is 6.01 Å². The van der Waals surface area contributed by atoms with Gasteiger partial charge in [-0.1, -0.05) is 11.5 Å². The van der Waals surface area contributed by atoms with E-state index in [0.717, 1.165) is 18.5 Å². The van der Waals surface area contributed by atoms with Gasteiger partial charge in [0.25, 0.3) is 0 Å². The van der Waals surface area contributed by atoms with Crippen LogP contribution >= 0.6 is 24.8 Å². The average molecular weight is 366 g/mol. The van der Waals surface area contributed by atoms with Crippen molar-refractivity contribution in [1.82, 2.24) is 20.4 Å². The molecule has 0 unspecified atom stereocenters. The quantitative estimate of drug-likeness (QED) is 0.807. The summed E-state index contributed by atoms with van der Waals surface area (Å²) in [7, 11) is 1.87. The minimum Gasteiger partial charge on any atom is -0.407 e. The Morgan fingerprint density at radius 1 is 1.13 bits per heavy atom. The molecular weight excluding hydrogens is 337 g/mol. The first kappa shape index (κ1) is 20.5. The largest absolute Gasteiger partial charge is 0.407 e. The molecule has 2 fully saturated rings. The van der Waals surface area contributed by atoms with E-state index in [-0.39, 0.29) is 24.8 Å². The number of halogens is 2. The third kappa shape index (κ3) is 5.48. The molecule has 2 saturated heterocycles. The van der Waals surface area contributed by atoms with Gasteiger partial charge in [-0.05, 0) is 58.2 Å². The fourth-order valence-corrected chi connectivity index (χ4v) is 3.83. The lowest BCUT2D eigenvalue weighted by molar-refractivity contribution is 0.0573. The van der Waals surface area contributed by atoms with Gasteiger partial charge in [-0.25, -0.2) is 0 Å². The average Bonchev–Trinajstić information content (AvgIpc) is 2.96. The molecule has 0 aromatic carbocycles. The van der Waals surface area contributed by atoms with E-state index in [2.05, 4.69) is 25.7 Å². The topological polar surface area (TPSA) is 66.2 Å². The number of nitrogens with zero attached hydrogens (tertiary/aromatic N) is 3. The molecule has 2 atom stereocenters. The van der Waals surface area contributed by atoms with Crippen molar-refractivity contribution in [2.24, 2.45) is 5.92 Å². The molecule has 2 aliphatic rings. The zero-order chi connectivity index (χ0) is 14.5. The first-order chi connectivity index (χ1) is 10.4. The second-order valence-electron chi connectivity index (χ2n) is 6.25. The summed E-state index contributed by atoms with van der Waals surface area (Å²) in [6, 6.07) is 1.37. The number of hydrogen-bond donors (Lipinski definition) is 2. The van der Waals surface area contributed by atoms with Crippen LogP contribution in [0.25, 0.3) is 0 Å². The first-order valence-electron chi connectivity index (χ1n) is 8.31. The summed E-state index contributed by atoms with van der Waals surface area (Å²) >= 11 is 0. The Morgan fingerprint density at radius 2 is 1.96 bits per heavy atom. The van der Waals surface area contributed by atoms with E-state index in [0.29, 0.717) is 18.5 Å². The Balaban J connectivity index is 0.00000132. The second-order valence-corrected chi connectivity index (χ2v) is 6.25. The summed E-state index contributed by atoms with van der Waals surface area (Å²) in [5.41, 5.74) is 0. The Morgan fingerprint density at radius 3 is 2.78 bits per heavy atom. The summed E-state index contributed by atoms with van der Waals surface area (Å²) in [6.45, 7) is 4.17. The Hall–Kier alpha value is -0.560. The molecule has 0 spiro atoms. The van der Waals surface area contributed by atoms with Crippen LogP contribution in [0.1, 0.15) is 44.4 Å². The summed E-state index contributed by atoms with van der Waals surface area (Å²) in [5.74, 6) is 1.46. The van der Waals surface area contributed by atoms with Crippen molar-refractivity contribution in [3.63, 3.8) is 0 Å². The van der Waals surface area contributed by atoms with Gasteiger partial charge in [0, 0.05) is 12.6 Å². The monoisotopic (exact) mass is 365 g/mol. The normalized spacial score (nSPS) is 24.2. The maximum Gasteiger partial charge on any atom is 0.315 e. The zero-order valence-electron chi connectivity index (χ0n) is 13.8. The maximum absolute atomic E-state index is 5.51. The highest BCUT2D eigenvalue weighted by Crippen LogP contribution is 2.32. The van der Waals surface area contributed by atoms with Gasteiger partial charge in [-0.15, -0.1) is 29.9 Å². The van der Waals surface area contributed by atoms with E-state index in [4.69, 9.17) is 4.42 Å². The lowest BCUT2D eigenvalue weighted by Gasteiger charge is -2.44. The zero-order valence-corrected chi connectivity index (χ0v) is 15.4. The number of aromatic nitrogens is 2. The van der Waals surface area contributed by atoms with E-state index in [1.807, 2.05) is 7.05 Å². The van der Waals surface area contributed by atoms with Crippen LogP contribution in [0.2, 0.25) is 0 Å². The van der Waals surface area contributed by atoms with Crippen molar-refractivity contribution in [2.45, 2.75) is 51.1 Å². The van der Waals surface area contributed by atoms with Crippen molar-refractivity contribution in [2.75, 3.05) is 32.0 Å². The molecule has 23 heavy (non-hydrogen) atoms. The molecule has 2 N–H and O–H groups in total. The molecule has 6 nitrogen and oxygen atoms in total. The Bertz CT molecular complexity index is 443. The van der Waals surface area contributed by atoms with Crippen LogP contribution in [0.5, 0.6) is 0 Å². The van der Waals surface area contributed by atoms with Crippen LogP contribution in [0, 0.1) is 5.92 Å². The predicted octanol–water partition coefficient (Wildman–Crippen LogP) is 2.70. The third-order valence-electron chi connectivity index (χ3n) is 4.81. The molecule has 134 valence electrons. The Kier molecular flexibility index (Phi) is 9.20. The van der Waals surface area contributed by atoms with Gasteiger partial charge in [0.05, 0.1) is 6.54 Å². The maximum atomic E-state index is 5.51. The number of anilines is 1. The van der Waals surface area contributed by atoms with E-state index >= 15 is 0 Å². The number of rotatable bonds is 6. The minimum atomic E-state index is 0. The van der Waals surface area contributed by atoms with E-state index in [9.17, 15) is 0 Å². The highest BCUT2D eigenvalue weighted by Gasteiger charge is 2.32. The summed E-state index contributed by atoms with van der Waals surface area (Å²) in [6.07, 6.45) is 8.11. The van der Waals surface area contributed by atoms with E-state index in [1.165, 1.54) is 51.6 Å². The van der Waals surface area contributed by atoms with Gasteiger partial charge < -0.3 is 20.0 Å². The van der Waals surface area contributed by atoms with Crippen LogP contribution in [0.3, 0.4) is 0 Å². The summed E-state index contributed by atoms with van der Waals surface area (Å²) in [5, 5.41) is 14.3. The van der Waals surface area contributed by atoms with Crippen LogP contribution in [-0.4, -0.2) is 47.8 Å². The number of fused-ring (bicyclic) bond motifs is 1. The number of nitrogens with one attached hydrogen (secondary N) is 2. The van der Waals surface area contributed by atoms with Crippen molar-refractivity contribution >= 4 is 30.8 Å². The molecule has 2 aliphatic heterocycles. The first-order valence-corrected chi connectivity index (χ1v) is 8.31. The van der Waals surface area contributed by atoms with E-state index in [1.54, 1.807) is 0 Å². The van der Waals surface area contributed by atoms with Crippen molar-refractivity contribution < 1.29 is 4.42 Å². The molecule has 0 amide bonds. The smallest absolute Gasteiger partial charge is 0.315 e. The Labute approximate surface area is 151 Å². The molecule has 0 radical (unpaired) electrons. The third-order valence-corrected chi connectivity index (χ3v) is 4.81. The molecule has 0 bridgehead atoms. The van der Waals surface area contributed by atoms with Gasteiger partial charge >= 0.3 is 6.01 Å². The van der Waals surface area contributed by atoms with Crippen molar-refractivity contribution in [1.29, 1.82) is 0 Å². The lowest BCUT2D eigenvalue weighted by atomic mass is 9.82. The van der Waals surface area contributed by atoms with Crippen LogP contribution in [0.15, 0.2) is 4.42 Å². The highest BCUT2D eigenvalue weighted by atomic mass is 35.5. The molecule has 0 saturated carbocycles. The SMILES string of the molecule is CNCc1nnc(NCC[C@@H]2CCCN3CCCC[C@H]23)o1.Cl.Cl.